The molecule has 2 aromatic rings. The maximum absolute atomic E-state index is 12.4. The normalized spacial score (nSPS) is 16.2. The van der Waals surface area contributed by atoms with Crippen LogP contribution in [0.5, 0.6) is 11.5 Å². The van der Waals surface area contributed by atoms with Gasteiger partial charge in [-0.15, -0.1) is 0 Å². The highest BCUT2D eigenvalue weighted by Crippen LogP contribution is 2.32. The highest BCUT2D eigenvalue weighted by molar-refractivity contribution is 5.60. The van der Waals surface area contributed by atoms with Gasteiger partial charge in [-0.25, -0.2) is 0 Å². The van der Waals surface area contributed by atoms with Gasteiger partial charge in [0.25, 0.3) is 0 Å². The molecule has 1 aromatic heterocycles. The van der Waals surface area contributed by atoms with Gasteiger partial charge < -0.3 is 18.9 Å². The molecule has 1 fully saturated rings. The van der Waals surface area contributed by atoms with Gasteiger partial charge in [0.15, 0.2) is 11.5 Å². The Morgan fingerprint density at radius 3 is 2.54 bits per heavy atom. The topological polar surface area (TPSA) is 63.9 Å². The molecule has 0 amide bonds. The monoisotopic (exact) mass is 368 g/mol. The van der Waals surface area contributed by atoms with E-state index < -0.39 is 6.61 Å². The van der Waals surface area contributed by atoms with Crippen LogP contribution in [0.15, 0.2) is 22.7 Å². The molecule has 0 N–H and O–H groups in total. The molecule has 0 atom stereocenters. The zero-order chi connectivity index (χ0) is 18.5. The Morgan fingerprint density at radius 1 is 1.15 bits per heavy atom. The summed E-state index contributed by atoms with van der Waals surface area (Å²) in [6, 6.07) is 4.54. The third-order valence-electron chi connectivity index (χ3n) is 4.38. The van der Waals surface area contributed by atoms with Gasteiger partial charge in [0.05, 0.1) is 13.7 Å². The highest BCUT2D eigenvalue weighted by atomic mass is 19.3. The number of piperazine rings is 1. The SMILES string of the molecule is CCN1CCN(Cc2nc(-c3ccc(OC(F)F)c(OC)c3)no2)CC1. The summed E-state index contributed by atoms with van der Waals surface area (Å²) in [6.07, 6.45) is 0. The third kappa shape index (κ3) is 4.47. The Bertz CT molecular complexity index is 718. The fourth-order valence-electron chi connectivity index (χ4n) is 2.89. The van der Waals surface area contributed by atoms with E-state index in [0.29, 0.717) is 23.8 Å². The minimum absolute atomic E-state index is 0.0382. The molecule has 142 valence electrons. The van der Waals surface area contributed by atoms with Gasteiger partial charge in [-0.2, -0.15) is 13.8 Å². The summed E-state index contributed by atoms with van der Waals surface area (Å²) in [6.45, 7) is 4.87. The van der Waals surface area contributed by atoms with Crippen LogP contribution in [0.3, 0.4) is 0 Å². The number of likely N-dealkylation sites (N-methyl/N-ethyl adjacent to an activating group) is 1. The summed E-state index contributed by atoms with van der Waals surface area (Å²) in [5.41, 5.74) is 0.606. The molecule has 3 rings (SSSR count). The maximum Gasteiger partial charge on any atom is 0.387 e. The van der Waals surface area contributed by atoms with Gasteiger partial charge in [0.2, 0.25) is 11.7 Å². The van der Waals surface area contributed by atoms with Gasteiger partial charge in [-0.1, -0.05) is 12.1 Å². The number of hydrogen-bond donors (Lipinski definition) is 0. The molecule has 9 heteroatoms. The molecule has 1 aliphatic rings. The minimum Gasteiger partial charge on any atom is -0.493 e. The number of benzene rings is 1. The summed E-state index contributed by atoms with van der Waals surface area (Å²) in [5, 5.41) is 3.98. The van der Waals surface area contributed by atoms with Gasteiger partial charge in [-0.3, -0.25) is 4.90 Å². The number of aromatic nitrogens is 2. The third-order valence-corrected chi connectivity index (χ3v) is 4.38. The molecule has 1 aliphatic heterocycles. The Balaban J connectivity index is 1.67. The van der Waals surface area contributed by atoms with Gasteiger partial charge in [0, 0.05) is 31.7 Å². The van der Waals surface area contributed by atoms with Crippen molar-refractivity contribution in [3.63, 3.8) is 0 Å². The molecule has 2 heterocycles. The van der Waals surface area contributed by atoms with Crippen LogP contribution in [-0.2, 0) is 6.54 Å². The van der Waals surface area contributed by atoms with E-state index in [1.54, 1.807) is 12.1 Å². The molecule has 0 bridgehead atoms. The van der Waals surface area contributed by atoms with Crippen LogP contribution in [0, 0.1) is 0 Å². The zero-order valence-corrected chi connectivity index (χ0v) is 14.8. The Morgan fingerprint density at radius 2 is 1.88 bits per heavy atom. The van der Waals surface area contributed by atoms with E-state index in [1.807, 2.05) is 0 Å². The minimum atomic E-state index is -2.92. The van der Waals surface area contributed by atoms with E-state index in [0.717, 1.165) is 32.7 Å². The van der Waals surface area contributed by atoms with Crippen LogP contribution in [0.2, 0.25) is 0 Å². The van der Waals surface area contributed by atoms with Crippen LogP contribution < -0.4 is 9.47 Å². The summed E-state index contributed by atoms with van der Waals surface area (Å²) in [4.78, 5) is 9.06. The Kier molecular flexibility index (Phi) is 6.00. The molecule has 7 nitrogen and oxygen atoms in total. The van der Waals surface area contributed by atoms with Gasteiger partial charge >= 0.3 is 6.61 Å². The van der Waals surface area contributed by atoms with Gasteiger partial charge in [-0.05, 0) is 24.7 Å². The van der Waals surface area contributed by atoms with E-state index >= 15 is 0 Å². The van der Waals surface area contributed by atoms with Crippen molar-refractivity contribution in [3.05, 3.63) is 24.1 Å². The second kappa shape index (κ2) is 8.41. The van der Waals surface area contributed by atoms with Crippen molar-refractivity contribution in [1.82, 2.24) is 19.9 Å². The van der Waals surface area contributed by atoms with Gasteiger partial charge in [0.1, 0.15) is 0 Å². The number of rotatable bonds is 7. The number of methoxy groups -OCH3 is 1. The van der Waals surface area contributed by atoms with Crippen molar-refractivity contribution < 1.29 is 22.8 Å². The van der Waals surface area contributed by atoms with Crippen molar-refractivity contribution in [2.24, 2.45) is 0 Å². The lowest BCUT2D eigenvalue weighted by atomic mass is 10.2. The van der Waals surface area contributed by atoms with Crippen LogP contribution in [0.1, 0.15) is 12.8 Å². The number of halogens is 2. The van der Waals surface area contributed by atoms with E-state index in [9.17, 15) is 8.78 Å². The van der Waals surface area contributed by atoms with E-state index in [2.05, 4.69) is 31.6 Å². The first kappa shape index (κ1) is 18.5. The number of hydrogen-bond acceptors (Lipinski definition) is 7. The lowest BCUT2D eigenvalue weighted by Crippen LogP contribution is -2.45. The number of ether oxygens (including phenoxy) is 2. The predicted molar refractivity (Wildman–Crippen MR) is 90.3 cm³/mol. The van der Waals surface area contributed by atoms with Crippen molar-refractivity contribution in [3.8, 4) is 22.9 Å². The van der Waals surface area contributed by atoms with Crippen molar-refractivity contribution in [1.29, 1.82) is 0 Å². The fourth-order valence-corrected chi connectivity index (χ4v) is 2.89. The smallest absolute Gasteiger partial charge is 0.387 e. The number of nitrogens with zero attached hydrogens (tertiary/aromatic N) is 4. The molecule has 0 unspecified atom stereocenters. The molecular formula is C17H22F2N4O3. The summed E-state index contributed by atoms with van der Waals surface area (Å²) in [5.74, 6) is 1.06. The largest absolute Gasteiger partial charge is 0.493 e. The summed E-state index contributed by atoms with van der Waals surface area (Å²) < 4.78 is 39.7. The maximum atomic E-state index is 12.4. The Hall–Kier alpha value is -2.26. The average molecular weight is 368 g/mol. The number of alkyl halides is 2. The molecule has 0 saturated carbocycles. The quantitative estimate of drug-likeness (QED) is 0.744. The lowest BCUT2D eigenvalue weighted by Gasteiger charge is -2.33. The molecule has 26 heavy (non-hydrogen) atoms. The molecule has 0 aliphatic carbocycles. The fraction of sp³-hybridized carbons (Fsp3) is 0.529. The Labute approximate surface area is 150 Å². The second-order valence-electron chi connectivity index (χ2n) is 5.97. The molecule has 0 spiro atoms. The summed E-state index contributed by atoms with van der Waals surface area (Å²) >= 11 is 0. The average Bonchev–Trinajstić information content (AvgIpc) is 3.10. The first-order valence-corrected chi connectivity index (χ1v) is 8.49. The zero-order valence-electron chi connectivity index (χ0n) is 14.8. The van der Waals surface area contributed by atoms with E-state index in [-0.39, 0.29) is 11.5 Å². The van der Waals surface area contributed by atoms with Crippen LogP contribution >= 0.6 is 0 Å². The van der Waals surface area contributed by atoms with E-state index in [4.69, 9.17) is 9.26 Å². The van der Waals surface area contributed by atoms with Crippen LogP contribution in [-0.4, -0.2) is 66.4 Å². The van der Waals surface area contributed by atoms with Crippen molar-refractivity contribution >= 4 is 0 Å². The summed E-state index contributed by atoms with van der Waals surface area (Å²) in [7, 11) is 1.38. The van der Waals surface area contributed by atoms with Crippen molar-refractivity contribution in [2.45, 2.75) is 20.1 Å². The van der Waals surface area contributed by atoms with Crippen molar-refractivity contribution in [2.75, 3.05) is 39.8 Å². The lowest BCUT2D eigenvalue weighted by molar-refractivity contribution is -0.0512. The second-order valence-corrected chi connectivity index (χ2v) is 5.97. The van der Waals surface area contributed by atoms with Crippen LogP contribution in [0.25, 0.3) is 11.4 Å². The molecule has 1 aromatic carbocycles. The predicted octanol–water partition coefficient (Wildman–Crippen LogP) is 2.48. The van der Waals surface area contributed by atoms with E-state index in [1.165, 1.54) is 13.2 Å². The first-order chi connectivity index (χ1) is 12.6. The standard InChI is InChI=1S/C17H22F2N4O3/c1-3-22-6-8-23(9-7-22)11-15-20-16(21-26-15)12-4-5-13(25-17(18)19)14(10-12)24-2/h4-5,10,17H,3,6-9,11H2,1-2H3. The highest BCUT2D eigenvalue weighted by Gasteiger charge is 2.19. The molecule has 0 radical (unpaired) electrons. The molecular weight excluding hydrogens is 346 g/mol. The first-order valence-electron chi connectivity index (χ1n) is 8.49. The molecule has 1 saturated heterocycles. The van der Waals surface area contributed by atoms with Crippen LogP contribution in [0.4, 0.5) is 8.78 Å².